The summed E-state index contributed by atoms with van der Waals surface area (Å²) in [7, 11) is 1.36. The van der Waals surface area contributed by atoms with Crippen LogP contribution < -0.4 is 0 Å². The van der Waals surface area contributed by atoms with Crippen molar-refractivity contribution in [1.29, 1.82) is 0 Å². The van der Waals surface area contributed by atoms with Gasteiger partial charge < -0.3 is 9.30 Å². The lowest BCUT2D eigenvalue weighted by Crippen LogP contribution is -2.30. The quantitative estimate of drug-likeness (QED) is 0.547. The average Bonchev–Trinajstić information content (AvgIpc) is 2.63. The summed E-state index contributed by atoms with van der Waals surface area (Å²) in [5.41, 5.74) is -0.272. The molecule has 15 heavy (non-hydrogen) atoms. The van der Waals surface area contributed by atoms with Gasteiger partial charge in [0.1, 0.15) is 5.69 Å². The molecule has 0 bridgehead atoms. The minimum atomic E-state index is -0.629. The molecule has 0 aromatic carbocycles. The zero-order valence-corrected chi connectivity index (χ0v) is 9.06. The highest BCUT2D eigenvalue weighted by atomic mass is 16.5. The first-order valence-corrected chi connectivity index (χ1v) is 4.55. The number of carbonyl (C=O) groups excluding carboxylic acids is 2. The number of methoxy groups -OCH3 is 1. The predicted octanol–water partition coefficient (Wildman–Crippen LogP) is 0.895. The van der Waals surface area contributed by atoms with Crippen LogP contribution in [0.25, 0.3) is 0 Å². The molecule has 0 aliphatic carbocycles. The fraction of sp³-hybridized carbons (Fsp3) is 0.500. The molecule has 0 atom stereocenters. The molecule has 0 aliphatic rings. The second kappa shape index (κ2) is 4.25. The van der Waals surface area contributed by atoms with Crippen LogP contribution in [0.1, 0.15) is 24.3 Å². The van der Waals surface area contributed by atoms with E-state index in [9.17, 15) is 9.59 Å². The van der Waals surface area contributed by atoms with Crippen molar-refractivity contribution in [2.24, 2.45) is 5.41 Å². The third kappa shape index (κ3) is 2.65. The van der Waals surface area contributed by atoms with Gasteiger partial charge in [-0.3, -0.25) is 9.59 Å². The maximum atomic E-state index is 11.4. The molecule has 0 saturated carbocycles. The second-order valence-corrected chi connectivity index (χ2v) is 3.96. The second-order valence-electron chi connectivity index (χ2n) is 3.96. The number of carbonyl (C=O) groups is 2. The van der Waals surface area contributed by atoms with Crippen LogP contribution in [0.4, 0.5) is 0 Å². The molecule has 0 amide bonds. The lowest BCUT2D eigenvalue weighted by Gasteiger charge is -2.21. The van der Waals surface area contributed by atoms with Gasteiger partial charge in [0.15, 0.2) is 6.29 Å². The van der Waals surface area contributed by atoms with Gasteiger partial charge in [-0.05, 0) is 13.8 Å². The number of hydrogen-bond acceptors (Lipinski definition) is 4. The van der Waals surface area contributed by atoms with Crippen LogP contribution in [0.3, 0.4) is 0 Å². The fourth-order valence-electron chi connectivity index (χ4n) is 1.32. The van der Waals surface area contributed by atoms with E-state index in [0.717, 1.165) is 0 Å². The van der Waals surface area contributed by atoms with E-state index in [1.54, 1.807) is 24.6 Å². The number of aromatic nitrogens is 2. The lowest BCUT2D eigenvalue weighted by atomic mass is 9.94. The van der Waals surface area contributed by atoms with Gasteiger partial charge in [0.05, 0.1) is 18.9 Å². The van der Waals surface area contributed by atoms with Crippen molar-refractivity contribution in [2.75, 3.05) is 7.11 Å². The topological polar surface area (TPSA) is 61.2 Å². The predicted molar refractivity (Wildman–Crippen MR) is 53.4 cm³/mol. The van der Waals surface area contributed by atoms with Crippen LogP contribution >= 0.6 is 0 Å². The molecule has 0 fully saturated rings. The molecule has 0 saturated heterocycles. The van der Waals surface area contributed by atoms with Gasteiger partial charge >= 0.3 is 5.97 Å². The van der Waals surface area contributed by atoms with Crippen molar-refractivity contribution >= 4 is 12.3 Å². The maximum absolute atomic E-state index is 11.4. The van der Waals surface area contributed by atoms with Crippen LogP contribution in [0.2, 0.25) is 0 Å². The van der Waals surface area contributed by atoms with E-state index in [2.05, 4.69) is 9.72 Å². The molecule has 82 valence electrons. The molecule has 5 nitrogen and oxygen atoms in total. The molecule has 0 radical (unpaired) electrons. The van der Waals surface area contributed by atoms with Crippen LogP contribution in [0.5, 0.6) is 0 Å². The van der Waals surface area contributed by atoms with Crippen molar-refractivity contribution in [3.05, 3.63) is 18.2 Å². The van der Waals surface area contributed by atoms with Gasteiger partial charge in [-0.15, -0.1) is 0 Å². The van der Waals surface area contributed by atoms with Crippen LogP contribution in [-0.2, 0) is 16.1 Å². The molecule has 5 heteroatoms. The summed E-state index contributed by atoms with van der Waals surface area (Å²) >= 11 is 0. The Kier molecular flexibility index (Phi) is 3.24. The molecular formula is C10H14N2O3. The van der Waals surface area contributed by atoms with Crippen LogP contribution in [-0.4, -0.2) is 28.9 Å². The summed E-state index contributed by atoms with van der Waals surface area (Å²) in [4.78, 5) is 25.6. The average molecular weight is 210 g/mol. The van der Waals surface area contributed by atoms with Gasteiger partial charge in [0, 0.05) is 12.7 Å². The minimum Gasteiger partial charge on any atom is -0.469 e. The van der Waals surface area contributed by atoms with Gasteiger partial charge in [-0.2, -0.15) is 0 Å². The van der Waals surface area contributed by atoms with Gasteiger partial charge in [0.2, 0.25) is 0 Å². The number of hydrogen-bond donors (Lipinski definition) is 0. The van der Waals surface area contributed by atoms with Crippen molar-refractivity contribution < 1.29 is 14.3 Å². The summed E-state index contributed by atoms with van der Waals surface area (Å²) in [5, 5.41) is 0. The normalized spacial score (nSPS) is 11.1. The zero-order valence-electron chi connectivity index (χ0n) is 9.06. The Morgan fingerprint density at radius 1 is 1.67 bits per heavy atom. The summed E-state index contributed by atoms with van der Waals surface area (Å²) in [6, 6.07) is 0. The van der Waals surface area contributed by atoms with E-state index in [-0.39, 0.29) is 5.97 Å². The van der Waals surface area contributed by atoms with Crippen molar-refractivity contribution in [3.63, 3.8) is 0 Å². The SMILES string of the molecule is COC(=O)C(C)(C)Cn1cnc(C=O)c1. The van der Waals surface area contributed by atoms with Gasteiger partial charge in [-0.1, -0.05) is 0 Å². The van der Waals surface area contributed by atoms with Gasteiger partial charge in [0.25, 0.3) is 0 Å². The number of nitrogens with zero attached hydrogens (tertiary/aromatic N) is 2. The van der Waals surface area contributed by atoms with Crippen molar-refractivity contribution in [2.45, 2.75) is 20.4 Å². The van der Waals surface area contributed by atoms with Crippen molar-refractivity contribution in [3.8, 4) is 0 Å². The molecule has 0 unspecified atom stereocenters. The van der Waals surface area contributed by atoms with E-state index in [1.807, 2.05) is 0 Å². The first kappa shape index (κ1) is 11.4. The highest BCUT2D eigenvalue weighted by Gasteiger charge is 2.29. The highest BCUT2D eigenvalue weighted by molar-refractivity contribution is 5.75. The monoisotopic (exact) mass is 210 g/mol. The summed E-state index contributed by atoms with van der Waals surface area (Å²) in [6.07, 6.45) is 3.79. The summed E-state index contributed by atoms with van der Waals surface area (Å²) in [6.45, 7) is 3.99. The molecular weight excluding hydrogens is 196 g/mol. The molecule has 0 N–H and O–H groups in total. The number of imidazole rings is 1. The molecule has 0 aliphatic heterocycles. The minimum absolute atomic E-state index is 0.288. The Morgan fingerprint density at radius 2 is 2.33 bits per heavy atom. The largest absolute Gasteiger partial charge is 0.469 e. The molecule has 0 spiro atoms. The summed E-state index contributed by atoms with van der Waals surface area (Å²) in [5.74, 6) is -0.288. The number of esters is 1. The van der Waals surface area contributed by atoms with E-state index in [4.69, 9.17) is 0 Å². The van der Waals surface area contributed by atoms with E-state index in [0.29, 0.717) is 18.5 Å². The number of aldehydes is 1. The smallest absolute Gasteiger partial charge is 0.313 e. The Labute approximate surface area is 88.1 Å². The van der Waals surface area contributed by atoms with E-state index in [1.165, 1.54) is 13.4 Å². The standard InChI is InChI=1S/C10H14N2O3/c1-10(2,9(14)15-3)6-12-4-8(5-13)11-7-12/h4-5,7H,6H2,1-3H3. The first-order valence-electron chi connectivity index (χ1n) is 4.55. The molecule has 1 rings (SSSR count). The fourth-order valence-corrected chi connectivity index (χ4v) is 1.32. The summed E-state index contributed by atoms with van der Waals surface area (Å²) < 4.78 is 6.37. The Morgan fingerprint density at radius 3 is 2.80 bits per heavy atom. The van der Waals surface area contributed by atoms with E-state index >= 15 is 0 Å². The Bertz CT molecular complexity index is 368. The van der Waals surface area contributed by atoms with Gasteiger partial charge in [-0.25, -0.2) is 4.98 Å². The maximum Gasteiger partial charge on any atom is 0.313 e. The highest BCUT2D eigenvalue weighted by Crippen LogP contribution is 2.19. The third-order valence-corrected chi connectivity index (χ3v) is 2.09. The Hall–Kier alpha value is -1.65. The lowest BCUT2D eigenvalue weighted by molar-refractivity contribution is -0.151. The van der Waals surface area contributed by atoms with Crippen molar-refractivity contribution in [1.82, 2.24) is 9.55 Å². The third-order valence-electron chi connectivity index (χ3n) is 2.09. The van der Waals surface area contributed by atoms with Crippen LogP contribution in [0, 0.1) is 5.41 Å². The molecule has 1 aromatic heterocycles. The molecule has 1 aromatic rings. The molecule has 1 heterocycles. The number of rotatable bonds is 4. The number of ether oxygens (including phenoxy) is 1. The van der Waals surface area contributed by atoms with Crippen LogP contribution in [0.15, 0.2) is 12.5 Å². The Balaban J connectivity index is 2.76. The zero-order chi connectivity index (χ0) is 11.5. The van der Waals surface area contributed by atoms with E-state index < -0.39 is 5.41 Å². The first-order chi connectivity index (χ1) is 6.99.